The molecule has 0 amide bonds. The highest BCUT2D eigenvalue weighted by molar-refractivity contribution is 7.99. The first-order valence-electron chi connectivity index (χ1n) is 8.90. The number of thioether (sulfide) groups is 1. The highest BCUT2D eigenvalue weighted by Crippen LogP contribution is 2.41. The van der Waals surface area contributed by atoms with Crippen LogP contribution in [-0.2, 0) is 17.8 Å². The second-order valence-corrected chi connectivity index (χ2v) is 9.34. The first-order valence-corrected chi connectivity index (χ1v) is 10.7. The molecule has 5 nitrogen and oxygen atoms in total. The molecule has 3 rings (SSSR count). The van der Waals surface area contributed by atoms with Crippen molar-refractivity contribution in [2.24, 2.45) is 0 Å². The summed E-state index contributed by atoms with van der Waals surface area (Å²) in [6.07, 6.45) is 2.76. The van der Waals surface area contributed by atoms with Gasteiger partial charge < -0.3 is 15.2 Å². The van der Waals surface area contributed by atoms with E-state index in [4.69, 9.17) is 14.7 Å². The van der Waals surface area contributed by atoms with Crippen LogP contribution in [0.25, 0.3) is 10.2 Å². The summed E-state index contributed by atoms with van der Waals surface area (Å²) >= 11 is 3.42. The minimum Gasteiger partial charge on any atom is -0.392 e. The Labute approximate surface area is 157 Å². The molecule has 0 bridgehead atoms. The molecule has 2 aromatic heterocycles. The van der Waals surface area contributed by atoms with E-state index in [2.05, 4.69) is 26.1 Å². The standard InChI is InChI=1S/C18H27N3O2S2/c1-5-6-7-24-17-20-15(19-9-11(2)22)14-12-8-18(3,4)23-10-13(12)25-16(14)21-17/h11,22H,5-10H2,1-4H3,(H,19,20,21)/t11-/m1/s1. The number of hydrogen-bond donors (Lipinski definition) is 2. The SMILES string of the molecule is CCCCSc1nc(NC[C@@H](C)O)c2c3c(sc2n1)COC(C)(C)C3. The van der Waals surface area contributed by atoms with Crippen LogP contribution in [0.1, 0.15) is 51.0 Å². The summed E-state index contributed by atoms with van der Waals surface area (Å²) in [6, 6.07) is 0. The largest absolute Gasteiger partial charge is 0.392 e. The average Bonchev–Trinajstić information content (AvgIpc) is 2.89. The smallest absolute Gasteiger partial charge is 0.190 e. The highest BCUT2D eigenvalue weighted by atomic mass is 32.2. The fourth-order valence-corrected chi connectivity index (χ4v) is 4.96. The lowest BCUT2D eigenvalue weighted by Crippen LogP contribution is -2.31. The predicted octanol–water partition coefficient (Wildman–Crippen LogP) is 4.23. The van der Waals surface area contributed by atoms with E-state index < -0.39 is 6.10 Å². The quantitative estimate of drug-likeness (QED) is 0.425. The van der Waals surface area contributed by atoms with Gasteiger partial charge in [-0.15, -0.1) is 11.3 Å². The van der Waals surface area contributed by atoms with Crippen LogP contribution in [0.4, 0.5) is 5.82 Å². The molecule has 1 aliphatic heterocycles. The van der Waals surface area contributed by atoms with E-state index in [0.29, 0.717) is 13.2 Å². The number of hydrogen-bond acceptors (Lipinski definition) is 7. The number of aliphatic hydroxyl groups is 1. The van der Waals surface area contributed by atoms with Gasteiger partial charge in [0, 0.05) is 23.6 Å². The van der Waals surface area contributed by atoms with Gasteiger partial charge in [-0.1, -0.05) is 25.1 Å². The molecular formula is C18H27N3O2S2. The number of ether oxygens (including phenoxy) is 1. The van der Waals surface area contributed by atoms with E-state index >= 15 is 0 Å². The van der Waals surface area contributed by atoms with Crippen LogP contribution in [0, 0.1) is 0 Å². The van der Waals surface area contributed by atoms with E-state index in [-0.39, 0.29) is 5.60 Å². The minimum atomic E-state index is -0.421. The summed E-state index contributed by atoms with van der Waals surface area (Å²) in [5.41, 5.74) is 1.13. The number of anilines is 1. The maximum atomic E-state index is 9.67. The van der Waals surface area contributed by atoms with Crippen LogP contribution in [-0.4, -0.2) is 39.1 Å². The Morgan fingerprint density at radius 2 is 2.20 bits per heavy atom. The molecule has 0 saturated carbocycles. The van der Waals surface area contributed by atoms with Gasteiger partial charge in [0.1, 0.15) is 10.6 Å². The zero-order valence-corrected chi connectivity index (χ0v) is 17.0. The van der Waals surface area contributed by atoms with Crippen molar-refractivity contribution in [3.8, 4) is 0 Å². The van der Waals surface area contributed by atoms with E-state index in [1.165, 1.54) is 16.9 Å². The fourth-order valence-electron chi connectivity index (χ4n) is 2.87. The third-order valence-electron chi connectivity index (χ3n) is 4.20. The molecule has 1 atom stereocenters. The molecule has 1 aliphatic rings. The van der Waals surface area contributed by atoms with E-state index in [1.807, 2.05) is 0 Å². The molecule has 138 valence electrons. The Hall–Kier alpha value is -0.890. The van der Waals surface area contributed by atoms with Crippen molar-refractivity contribution < 1.29 is 9.84 Å². The van der Waals surface area contributed by atoms with Crippen molar-refractivity contribution in [2.45, 2.75) is 70.4 Å². The number of thiophene rings is 1. The lowest BCUT2D eigenvalue weighted by Gasteiger charge is -2.30. The molecule has 0 fully saturated rings. The Kier molecular flexibility index (Phi) is 5.88. The van der Waals surface area contributed by atoms with Gasteiger partial charge in [0.25, 0.3) is 0 Å². The first kappa shape index (κ1) is 18.9. The molecule has 0 aliphatic carbocycles. The first-order chi connectivity index (χ1) is 11.9. The third-order valence-corrected chi connectivity index (χ3v) is 6.24. The summed E-state index contributed by atoms with van der Waals surface area (Å²) in [7, 11) is 0. The van der Waals surface area contributed by atoms with Gasteiger partial charge in [0.05, 0.1) is 23.7 Å². The lowest BCUT2D eigenvalue weighted by molar-refractivity contribution is -0.0379. The number of unbranched alkanes of at least 4 members (excludes halogenated alkanes) is 1. The zero-order valence-electron chi connectivity index (χ0n) is 15.4. The molecule has 3 heterocycles. The van der Waals surface area contributed by atoms with Crippen LogP contribution in [0.15, 0.2) is 5.16 Å². The maximum absolute atomic E-state index is 9.67. The number of rotatable bonds is 7. The number of nitrogens with one attached hydrogen (secondary N) is 1. The number of fused-ring (bicyclic) bond motifs is 3. The molecule has 2 N–H and O–H groups in total. The Bertz CT molecular complexity index is 743. The van der Waals surface area contributed by atoms with Gasteiger partial charge in [-0.3, -0.25) is 0 Å². The molecule has 0 radical (unpaired) electrons. The van der Waals surface area contributed by atoms with E-state index in [9.17, 15) is 5.11 Å². The molecule has 2 aromatic rings. The van der Waals surface area contributed by atoms with Crippen LogP contribution < -0.4 is 5.32 Å². The normalized spacial score (nSPS) is 17.5. The fraction of sp³-hybridized carbons (Fsp3) is 0.667. The van der Waals surface area contributed by atoms with Crippen LogP contribution >= 0.6 is 23.1 Å². The Morgan fingerprint density at radius 3 is 2.92 bits per heavy atom. The van der Waals surface area contributed by atoms with Crippen LogP contribution in [0.5, 0.6) is 0 Å². The zero-order chi connectivity index (χ0) is 18.0. The van der Waals surface area contributed by atoms with Crippen molar-refractivity contribution in [1.82, 2.24) is 9.97 Å². The second kappa shape index (κ2) is 7.78. The summed E-state index contributed by atoms with van der Waals surface area (Å²) < 4.78 is 5.97. The van der Waals surface area contributed by atoms with Crippen molar-refractivity contribution in [3.05, 3.63) is 10.4 Å². The average molecular weight is 382 g/mol. The van der Waals surface area contributed by atoms with Crippen molar-refractivity contribution in [1.29, 1.82) is 0 Å². The third kappa shape index (κ3) is 4.45. The van der Waals surface area contributed by atoms with Gasteiger partial charge in [-0.05, 0) is 32.8 Å². The molecule has 7 heteroatoms. The summed E-state index contributed by atoms with van der Waals surface area (Å²) in [5.74, 6) is 1.87. The monoisotopic (exact) mass is 381 g/mol. The number of aromatic nitrogens is 2. The van der Waals surface area contributed by atoms with E-state index in [0.717, 1.165) is 39.8 Å². The van der Waals surface area contributed by atoms with Gasteiger partial charge in [0.15, 0.2) is 5.16 Å². The van der Waals surface area contributed by atoms with Crippen LogP contribution in [0.2, 0.25) is 0 Å². The lowest BCUT2D eigenvalue weighted by atomic mass is 9.94. The maximum Gasteiger partial charge on any atom is 0.190 e. The van der Waals surface area contributed by atoms with E-state index in [1.54, 1.807) is 30.0 Å². The molecule has 0 aromatic carbocycles. The van der Waals surface area contributed by atoms with Gasteiger partial charge >= 0.3 is 0 Å². The molecule has 25 heavy (non-hydrogen) atoms. The topological polar surface area (TPSA) is 67.3 Å². The minimum absolute atomic E-state index is 0.170. The predicted molar refractivity (Wildman–Crippen MR) is 106 cm³/mol. The van der Waals surface area contributed by atoms with Gasteiger partial charge in [-0.2, -0.15) is 0 Å². The van der Waals surface area contributed by atoms with Crippen molar-refractivity contribution in [3.63, 3.8) is 0 Å². The highest BCUT2D eigenvalue weighted by Gasteiger charge is 2.31. The molecule has 0 unspecified atom stereocenters. The van der Waals surface area contributed by atoms with Gasteiger partial charge in [-0.25, -0.2) is 9.97 Å². The molecule has 0 saturated heterocycles. The van der Waals surface area contributed by atoms with Crippen molar-refractivity contribution >= 4 is 39.1 Å². The molecule has 0 spiro atoms. The molecular weight excluding hydrogens is 354 g/mol. The second-order valence-electron chi connectivity index (χ2n) is 7.20. The van der Waals surface area contributed by atoms with Gasteiger partial charge in [0.2, 0.25) is 0 Å². The summed E-state index contributed by atoms with van der Waals surface area (Å²) in [4.78, 5) is 11.8. The summed E-state index contributed by atoms with van der Waals surface area (Å²) in [6.45, 7) is 9.33. The number of nitrogens with zero attached hydrogens (tertiary/aromatic N) is 2. The van der Waals surface area contributed by atoms with Crippen LogP contribution in [0.3, 0.4) is 0 Å². The Morgan fingerprint density at radius 1 is 1.40 bits per heavy atom. The summed E-state index contributed by atoms with van der Waals surface area (Å²) in [5, 5.41) is 14.9. The Balaban J connectivity index is 2.01. The van der Waals surface area contributed by atoms with Crippen molar-refractivity contribution in [2.75, 3.05) is 17.6 Å². The number of aliphatic hydroxyl groups excluding tert-OH is 1.